The summed E-state index contributed by atoms with van der Waals surface area (Å²) in [5, 5.41) is 13.7. The van der Waals surface area contributed by atoms with E-state index in [4.69, 9.17) is 21.1 Å². The molecule has 4 heterocycles. The molecule has 0 aliphatic carbocycles. The van der Waals surface area contributed by atoms with Gasteiger partial charge in [-0.15, -0.1) is 0 Å². The fraction of sp³-hybridized carbons (Fsp3) is 0.562. The lowest BCUT2D eigenvalue weighted by Crippen LogP contribution is -2.59. The van der Waals surface area contributed by atoms with Crippen molar-refractivity contribution in [1.29, 1.82) is 0 Å². The quantitative estimate of drug-likeness (QED) is 0.386. The van der Waals surface area contributed by atoms with Crippen LogP contribution in [0, 0.1) is 24.7 Å². The predicted molar refractivity (Wildman–Crippen MR) is 160 cm³/mol. The van der Waals surface area contributed by atoms with Crippen LogP contribution in [-0.4, -0.2) is 83.3 Å². The molecular weight excluding hydrogens is 574 g/mol. The molecule has 232 valence electrons. The molecule has 0 aromatic heterocycles. The lowest BCUT2D eigenvalue weighted by Gasteiger charge is -2.39. The Kier molecular flexibility index (Phi) is 9.02. The first kappa shape index (κ1) is 31.2. The highest BCUT2D eigenvalue weighted by Gasteiger charge is 2.74. The fourth-order valence-electron chi connectivity index (χ4n) is 6.95. The lowest BCUT2D eigenvalue weighted by atomic mass is 9.74. The number of amides is 3. The van der Waals surface area contributed by atoms with Gasteiger partial charge in [0.15, 0.2) is 0 Å². The Morgan fingerprint density at radius 3 is 2.63 bits per heavy atom. The summed E-state index contributed by atoms with van der Waals surface area (Å²) in [7, 11) is 0. The molecule has 10 nitrogen and oxygen atoms in total. The topological polar surface area (TPSA) is 125 Å². The summed E-state index contributed by atoms with van der Waals surface area (Å²) in [6.45, 7) is 7.37. The van der Waals surface area contributed by atoms with E-state index in [0.29, 0.717) is 23.6 Å². The summed E-state index contributed by atoms with van der Waals surface area (Å²) < 4.78 is 12.2. The minimum absolute atomic E-state index is 0.110. The molecule has 3 amide bonds. The number of aliphatic hydroxyl groups is 1. The number of nitrogens with one attached hydrogen (secondary N) is 1. The van der Waals surface area contributed by atoms with E-state index in [1.54, 1.807) is 37.3 Å². The van der Waals surface area contributed by atoms with Crippen molar-refractivity contribution < 1.29 is 33.8 Å². The van der Waals surface area contributed by atoms with E-state index in [2.05, 4.69) is 5.32 Å². The second-order valence-corrected chi connectivity index (χ2v) is 12.7. The minimum Gasteiger partial charge on any atom is -0.460 e. The monoisotopic (exact) mass is 613 g/mol. The number of anilines is 1. The van der Waals surface area contributed by atoms with Gasteiger partial charge in [-0.05, 0) is 44.2 Å². The zero-order valence-corrected chi connectivity index (χ0v) is 25.8. The summed E-state index contributed by atoms with van der Waals surface area (Å²) in [6.07, 6.45) is 6.80. The number of fused-ring (bicyclic) bond motifs is 2. The summed E-state index contributed by atoms with van der Waals surface area (Å²) >= 11 is 6.69. The van der Waals surface area contributed by atoms with Gasteiger partial charge in [-0.1, -0.05) is 61.9 Å². The third-order valence-corrected chi connectivity index (χ3v) is 9.09. The number of hydrogen-bond acceptors (Lipinski definition) is 7. The molecule has 5 bridgehead atoms. The number of nitrogens with zero attached hydrogens (tertiary/aromatic N) is 2. The molecule has 1 spiro atoms. The van der Waals surface area contributed by atoms with Crippen LogP contribution in [0.3, 0.4) is 0 Å². The average molecular weight is 614 g/mol. The molecule has 0 radical (unpaired) electrons. The van der Waals surface area contributed by atoms with E-state index in [1.165, 1.54) is 9.80 Å². The number of aryl methyl sites for hydroxylation is 1. The van der Waals surface area contributed by atoms with Gasteiger partial charge in [0.25, 0.3) is 5.91 Å². The third-order valence-electron chi connectivity index (χ3n) is 8.79. The standard InChI is InChI=1S/C32H40ClN3O7/c1-18(2)15-21(17-37)36-28-30(40)35(27-19(3)9-8-10-22(27)33)14-7-5-6-11-24(38)34-16-20(4)42-31(41)25-23-12-13-32(28,43-23)26(25)29(36)39/h5,7-10,12-13,18,20-21,23,25-26,28,37H,6,11,14-17H2,1-4H3,(H,34,38)/b7-5-/t20-,21+,23+,25-,26-,28+,32-/m0/s1. The Morgan fingerprint density at radius 1 is 1.16 bits per heavy atom. The molecule has 1 aromatic rings. The minimum atomic E-state index is -1.44. The number of carbonyl (C=O) groups is 4. The number of ether oxygens (including phenoxy) is 2. The SMILES string of the molecule is Cc1cccc(Cl)c1N1C/C=C\CCC(=O)NC[C@H](C)OC(=O)[C@@H]2[C@H]3C(=O)N([C@@H](CO)CC(C)C)[C@H](C1=O)[C@]31C=C[C@H]2O1. The predicted octanol–water partition coefficient (Wildman–Crippen LogP) is 2.94. The maximum atomic E-state index is 14.9. The van der Waals surface area contributed by atoms with Crippen molar-refractivity contribution >= 4 is 41.0 Å². The molecule has 2 N–H and O–H groups in total. The summed E-state index contributed by atoms with van der Waals surface area (Å²) in [5.41, 5.74) is -0.185. The van der Waals surface area contributed by atoms with Gasteiger partial charge in [0.1, 0.15) is 23.7 Å². The number of aliphatic hydroxyl groups excluding tert-OH is 1. The van der Waals surface area contributed by atoms with Gasteiger partial charge in [-0.2, -0.15) is 0 Å². The number of hydrogen-bond donors (Lipinski definition) is 2. The van der Waals surface area contributed by atoms with E-state index in [1.807, 2.05) is 32.9 Å². The highest BCUT2D eigenvalue weighted by molar-refractivity contribution is 6.34. The Bertz CT molecular complexity index is 1330. The van der Waals surface area contributed by atoms with E-state index in [0.717, 1.165) is 5.56 Å². The molecule has 0 unspecified atom stereocenters. The number of esters is 1. The number of para-hydroxylation sites is 1. The van der Waals surface area contributed by atoms with Crippen molar-refractivity contribution in [3.05, 3.63) is 53.1 Å². The van der Waals surface area contributed by atoms with Crippen LogP contribution in [0.25, 0.3) is 0 Å². The van der Waals surface area contributed by atoms with Crippen LogP contribution in [0.1, 0.15) is 45.6 Å². The van der Waals surface area contributed by atoms with Gasteiger partial charge in [-0.25, -0.2) is 0 Å². The van der Waals surface area contributed by atoms with Crippen molar-refractivity contribution in [2.75, 3.05) is 24.6 Å². The van der Waals surface area contributed by atoms with Crippen LogP contribution in [0.15, 0.2) is 42.5 Å². The molecule has 1 aromatic carbocycles. The molecule has 4 aliphatic rings. The molecule has 7 atom stereocenters. The molecular formula is C32H40ClN3O7. The fourth-order valence-corrected chi connectivity index (χ4v) is 7.27. The Balaban J connectivity index is 1.66. The zero-order valence-electron chi connectivity index (χ0n) is 25.0. The van der Waals surface area contributed by atoms with Crippen LogP contribution in [0.4, 0.5) is 5.69 Å². The first-order valence-electron chi connectivity index (χ1n) is 15.0. The van der Waals surface area contributed by atoms with E-state index in [-0.39, 0.29) is 37.9 Å². The van der Waals surface area contributed by atoms with Crippen LogP contribution in [0.5, 0.6) is 0 Å². The first-order valence-corrected chi connectivity index (χ1v) is 15.4. The van der Waals surface area contributed by atoms with Crippen molar-refractivity contribution in [1.82, 2.24) is 10.2 Å². The molecule has 43 heavy (non-hydrogen) atoms. The number of halogens is 1. The van der Waals surface area contributed by atoms with Gasteiger partial charge >= 0.3 is 5.97 Å². The number of benzene rings is 1. The molecule has 5 rings (SSSR count). The number of rotatable bonds is 5. The van der Waals surface area contributed by atoms with E-state index < -0.39 is 59.5 Å². The van der Waals surface area contributed by atoms with Gasteiger partial charge in [0.05, 0.1) is 41.9 Å². The molecule has 4 aliphatic heterocycles. The molecule has 2 fully saturated rings. The van der Waals surface area contributed by atoms with Gasteiger partial charge < -0.3 is 29.7 Å². The zero-order chi connectivity index (χ0) is 31.1. The maximum Gasteiger partial charge on any atom is 0.313 e. The van der Waals surface area contributed by atoms with Crippen molar-refractivity contribution in [2.24, 2.45) is 17.8 Å². The average Bonchev–Trinajstić information content (AvgIpc) is 3.60. The Hall–Kier alpha value is -3.21. The maximum absolute atomic E-state index is 14.9. The van der Waals surface area contributed by atoms with Crippen LogP contribution >= 0.6 is 11.6 Å². The van der Waals surface area contributed by atoms with Gasteiger partial charge in [-0.3, -0.25) is 19.2 Å². The van der Waals surface area contributed by atoms with Gasteiger partial charge in [0.2, 0.25) is 11.8 Å². The molecule has 0 saturated carbocycles. The van der Waals surface area contributed by atoms with Crippen LogP contribution < -0.4 is 10.2 Å². The smallest absolute Gasteiger partial charge is 0.313 e. The van der Waals surface area contributed by atoms with Crippen molar-refractivity contribution in [2.45, 2.75) is 76.9 Å². The first-order chi connectivity index (χ1) is 20.5. The van der Waals surface area contributed by atoms with Crippen molar-refractivity contribution in [3.63, 3.8) is 0 Å². The second-order valence-electron chi connectivity index (χ2n) is 12.3. The largest absolute Gasteiger partial charge is 0.460 e. The third kappa shape index (κ3) is 5.60. The van der Waals surface area contributed by atoms with Crippen LogP contribution in [0.2, 0.25) is 5.02 Å². The van der Waals surface area contributed by atoms with Gasteiger partial charge in [0, 0.05) is 13.0 Å². The number of likely N-dealkylation sites (tertiary alicyclic amines) is 1. The molecule has 2 saturated heterocycles. The van der Waals surface area contributed by atoms with Crippen molar-refractivity contribution in [3.8, 4) is 0 Å². The van der Waals surface area contributed by atoms with Crippen LogP contribution in [-0.2, 0) is 28.7 Å². The Morgan fingerprint density at radius 2 is 1.93 bits per heavy atom. The van der Waals surface area contributed by atoms with E-state index >= 15 is 0 Å². The lowest BCUT2D eigenvalue weighted by molar-refractivity contribution is -0.159. The normalized spacial score (nSPS) is 32.7. The summed E-state index contributed by atoms with van der Waals surface area (Å²) in [4.78, 5) is 58.4. The van der Waals surface area contributed by atoms with E-state index in [9.17, 15) is 24.3 Å². The Labute approximate surface area is 257 Å². The molecule has 11 heteroatoms. The second kappa shape index (κ2) is 12.4. The summed E-state index contributed by atoms with van der Waals surface area (Å²) in [6, 6.07) is 3.50. The highest BCUT2D eigenvalue weighted by Crippen LogP contribution is 2.56. The number of cyclic esters (lactones) is 1. The summed E-state index contributed by atoms with van der Waals surface area (Å²) in [5.74, 6) is -3.58. The number of allylic oxidation sites excluding steroid dienone is 1. The number of carbonyl (C=O) groups excluding carboxylic acids is 4. The highest BCUT2D eigenvalue weighted by atomic mass is 35.5.